The molecule has 0 bridgehead atoms. The first kappa shape index (κ1) is 17.2. The van der Waals surface area contributed by atoms with E-state index >= 15 is 0 Å². The highest BCUT2D eigenvalue weighted by molar-refractivity contribution is 5.42. The van der Waals surface area contributed by atoms with Gasteiger partial charge in [-0.15, -0.1) is 0 Å². The maximum atomic E-state index is 5.80. The van der Waals surface area contributed by atoms with Gasteiger partial charge in [0.1, 0.15) is 5.75 Å². The van der Waals surface area contributed by atoms with E-state index in [4.69, 9.17) is 14.2 Å². The minimum atomic E-state index is 0.662. The van der Waals surface area contributed by atoms with Gasteiger partial charge in [0, 0.05) is 0 Å². The molecule has 0 amide bonds. The average Bonchev–Trinajstić information content (AvgIpc) is 2.50. The number of unbranched alkanes of at least 4 members (excludes halogenated alkanes) is 1. The molecule has 23 heavy (non-hydrogen) atoms. The molecule has 0 radical (unpaired) electrons. The van der Waals surface area contributed by atoms with E-state index in [1.54, 1.807) is 7.11 Å². The smallest absolute Gasteiger partial charge is 0.161 e. The fraction of sp³-hybridized carbons (Fsp3) is 0.400. The first-order valence-electron chi connectivity index (χ1n) is 8.07. The van der Waals surface area contributed by atoms with E-state index in [1.807, 2.05) is 25.1 Å². The molecular weight excluding hydrogens is 288 g/mol. The molecule has 0 atom stereocenters. The molecule has 0 saturated heterocycles. The average molecular weight is 314 g/mol. The van der Waals surface area contributed by atoms with Gasteiger partial charge in [-0.25, -0.2) is 0 Å². The predicted molar refractivity (Wildman–Crippen MR) is 93.9 cm³/mol. The summed E-state index contributed by atoms with van der Waals surface area (Å²) in [5, 5.41) is 0. The minimum Gasteiger partial charge on any atom is -0.494 e. The molecule has 2 aromatic rings. The number of methoxy groups -OCH3 is 1. The molecular formula is C20H26O3. The van der Waals surface area contributed by atoms with E-state index in [1.165, 1.54) is 11.1 Å². The molecule has 0 N–H and O–H groups in total. The van der Waals surface area contributed by atoms with E-state index < -0.39 is 0 Å². The van der Waals surface area contributed by atoms with Crippen LogP contribution in [0.2, 0.25) is 0 Å². The van der Waals surface area contributed by atoms with Gasteiger partial charge in [0.25, 0.3) is 0 Å². The van der Waals surface area contributed by atoms with Crippen molar-refractivity contribution >= 4 is 0 Å². The molecule has 124 valence electrons. The van der Waals surface area contributed by atoms with Gasteiger partial charge in [0.15, 0.2) is 11.5 Å². The minimum absolute atomic E-state index is 0.662. The maximum Gasteiger partial charge on any atom is 0.161 e. The molecule has 0 fully saturated rings. The Morgan fingerprint density at radius 2 is 1.35 bits per heavy atom. The van der Waals surface area contributed by atoms with Crippen molar-refractivity contribution < 1.29 is 14.2 Å². The third kappa shape index (κ3) is 5.51. The van der Waals surface area contributed by atoms with Crippen molar-refractivity contribution in [1.29, 1.82) is 0 Å². The van der Waals surface area contributed by atoms with Crippen LogP contribution in [0.1, 0.15) is 29.5 Å². The topological polar surface area (TPSA) is 27.7 Å². The Labute approximate surface area is 139 Å². The second-order valence-electron chi connectivity index (χ2n) is 5.88. The van der Waals surface area contributed by atoms with Crippen molar-refractivity contribution in [2.75, 3.05) is 20.3 Å². The predicted octanol–water partition coefficient (Wildman–Crippen LogP) is 4.86. The van der Waals surface area contributed by atoms with Crippen LogP contribution in [-0.2, 0) is 0 Å². The van der Waals surface area contributed by atoms with Crippen molar-refractivity contribution in [1.82, 2.24) is 0 Å². The van der Waals surface area contributed by atoms with Crippen molar-refractivity contribution in [3.8, 4) is 17.2 Å². The first-order valence-corrected chi connectivity index (χ1v) is 8.07. The van der Waals surface area contributed by atoms with Gasteiger partial charge in [-0.05, 0) is 74.6 Å². The van der Waals surface area contributed by atoms with Crippen LogP contribution < -0.4 is 14.2 Å². The van der Waals surface area contributed by atoms with Gasteiger partial charge in [-0.3, -0.25) is 0 Å². The summed E-state index contributed by atoms with van der Waals surface area (Å²) in [5.74, 6) is 2.54. The third-order valence-electron chi connectivity index (χ3n) is 3.58. The SMILES string of the molecule is COc1cc(C)ccc1OCCCCOc1cc(C)cc(C)c1. The zero-order valence-corrected chi connectivity index (χ0v) is 14.5. The number of ether oxygens (including phenoxy) is 3. The zero-order chi connectivity index (χ0) is 16.7. The van der Waals surface area contributed by atoms with E-state index in [2.05, 4.69) is 32.0 Å². The summed E-state index contributed by atoms with van der Waals surface area (Å²) in [4.78, 5) is 0. The Morgan fingerprint density at radius 3 is 2.00 bits per heavy atom. The molecule has 0 unspecified atom stereocenters. The van der Waals surface area contributed by atoms with Crippen LogP contribution in [0, 0.1) is 20.8 Å². The lowest BCUT2D eigenvalue weighted by atomic mass is 10.1. The highest BCUT2D eigenvalue weighted by Crippen LogP contribution is 2.27. The lowest BCUT2D eigenvalue weighted by Crippen LogP contribution is -2.03. The second-order valence-corrected chi connectivity index (χ2v) is 5.88. The molecule has 3 heteroatoms. The normalized spacial score (nSPS) is 10.4. The maximum absolute atomic E-state index is 5.80. The molecule has 0 aliphatic rings. The molecule has 2 aromatic carbocycles. The Morgan fingerprint density at radius 1 is 0.696 bits per heavy atom. The summed E-state index contributed by atoms with van der Waals surface area (Å²) in [5.41, 5.74) is 3.63. The van der Waals surface area contributed by atoms with E-state index in [9.17, 15) is 0 Å². The number of hydrogen-bond acceptors (Lipinski definition) is 3. The molecule has 0 spiro atoms. The molecule has 0 aromatic heterocycles. The van der Waals surface area contributed by atoms with Crippen molar-refractivity contribution in [2.45, 2.75) is 33.6 Å². The summed E-state index contributed by atoms with van der Waals surface area (Å²) in [6.07, 6.45) is 1.91. The van der Waals surface area contributed by atoms with Gasteiger partial charge in [-0.1, -0.05) is 12.1 Å². The zero-order valence-electron chi connectivity index (χ0n) is 14.5. The van der Waals surface area contributed by atoms with Crippen LogP contribution in [-0.4, -0.2) is 20.3 Å². The fourth-order valence-corrected chi connectivity index (χ4v) is 2.49. The monoisotopic (exact) mass is 314 g/mol. The van der Waals surface area contributed by atoms with Crippen LogP contribution in [0.15, 0.2) is 36.4 Å². The van der Waals surface area contributed by atoms with E-state index in [0.29, 0.717) is 13.2 Å². The molecule has 2 rings (SSSR count). The van der Waals surface area contributed by atoms with E-state index in [0.717, 1.165) is 35.7 Å². The summed E-state index contributed by atoms with van der Waals surface area (Å²) in [6.45, 7) is 7.58. The molecule has 3 nitrogen and oxygen atoms in total. The van der Waals surface area contributed by atoms with Crippen LogP contribution in [0.3, 0.4) is 0 Å². The van der Waals surface area contributed by atoms with Crippen molar-refractivity contribution in [3.05, 3.63) is 53.1 Å². The number of rotatable bonds is 8. The Bertz CT molecular complexity index is 615. The molecule has 0 heterocycles. The summed E-state index contributed by atoms with van der Waals surface area (Å²) in [7, 11) is 1.67. The van der Waals surface area contributed by atoms with Crippen LogP contribution >= 0.6 is 0 Å². The van der Waals surface area contributed by atoms with Crippen LogP contribution in [0.5, 0.6) is 17.2 Å². The van der Waals surface area contributed by atoms with Crippen LogP contribution in [0.4, 0.5) is 0 Å². The lowest BCUT2D eigenvalue weighted by molar-refractivity contribution is 0.258. The molecule has 0 saturated carbocycles. The number of hydrogen-bond donors (Lipinski definition) is 0. The highest BCUT2D eigenvalue weighted by Gasteiger charge is 2.04. The summed E-state index contributed by atoms with van der Waals surface area (Å²) < 4.78 is 16.9. The summed E-state index contributed by atoms with van der Waals surface area (Å²) in [6, 6.07) is 12.3. The fourth-order valence-electron chi connectivity index (χ4n) is 2.49. The standard InChI is InChI=1S/C20H26O3/c1-15-7-8-19(20(14-15)21-4)23-10-6-5-9-22-18-12-16(2)11-17(3)13-18/h7-8,11-14H,5-6,9-10H2,1-4H3. The van der Waals surface area contributed by atoms with E-state index in [-0.39, 0.29) is 0 Å². The Hall–Kier alpha value is -2.16. The van der Waals surface area contributed by atoms with Crippen LogP contribution in [0.25, 0.3) is 0 Å². The Kier molecular flexibility index (Phi) is 6.33. The van der Waals surface area contributed by atoms with Crippen molar-refractivity contribution in [3.63, 3.8) is 0 Å². The number of aryl methyl sites for hydroxylation is 3. The van der Waals surface area contributed by atoms with Crippen molar-refractivity contribution in [2.24, 2.45) is 0 Å². The number of benzene rings is 2. The molecule has 0 aliphatic heterocycles. The first-order chi connectivity index (χ1) is 11.1. The third-order valence-corrected chi connectivity index (χ3v) is 3.58. The van der Waals surface area contributed by atoms with Gasteiger partial charge < -0.3 is 14.2 Å². The van der Waals surface area contributed by atoms with Gasteiger partial charge in [0.05, 0.1) is 20.3 Å². The molecule has 0 aliphatic carbocycles. The quantitative estimate of drug-likeness (QED) is 0.651. The summed E-state index contributed by atoms with van der Waals surface area (Å²) >= 11 is 0. The second kappa shape index (κ2) is 8.47. The highest BCUT2D eigenvalue weighted by atomic mass is 16.5. The van der Waals surface area contributed by atoms with Gasteiger partial charge in [0.2, 0.25) is 0 Å². The largest absolute Gasteiger partial charge is 0.494 e. The lowest BCUT2D eigenvalue weighted by Gasteiger charge is -2.12. The van der Waals surface area contributed by atoms with Gasteiger partial charge in [-0.2, -0.15) is 0 Å². The Balaban J connectivity index is 1.70. The van der Waals surface area contributed by atoms with Gasteiger partial charge >= 0.3 is 0 Å².